The summed E-state index contributed by atoms with van der Waals surface area (Å²) < 4.78 is 33.8. The molecule has 1 fully saturated rings. The van der Waals surface area contributed by atoms with Crippen LogP contribution in [0.3, 0.4) is 0 Å². The number of hydrogen-bond donors (Lipinski definition) is 0. The summed E-state index contributed by atoms with van der Waals surface area (Å²) in [5.74, 6) is 0.733. The van der Waals surface area contributed by atoms with Crippen molar-refractivity contribution in [2.24, 2.45) is 0 Å². The van der Waals surface area contributed by atoms with Crippen molar-refractivity contribution in [3.8, 4) is 5.75 Å². The molecule has 0 aliphatic carbocycles. The molecule has 6 heteroatoms. The van der Waals surface area contributed by atoms with Gasteiger partial charge in [0.2, 0.25) is 6.29 Å². The first-order valence-electron chi connectivity index (χ1n) is 16.7. The van der Waals surface area contributed by atoms with Gasteiger partial charge in [0.05, 0.1) is 26.4 Å². The van der Waals surface area contributed by atoms with Gasteiger partial charge in [-0.25, -0.2) is 0 Å². The SMILES string of the molecule is c1ccc(COC[C@H]2O[C@@H](Oc3ccc4ccccc4c3)[C@H](Sc3ccccc3)[C@@H](OCc3ccccc3)[C@H]2OCc2ccccc2)cc1. The fourth-order valence-corrected chi connectivity index (χ4v) is 7.28. The Hall–Kier alpha value is -4.43. The summed E-state index contributed by atoms with van der Waals surface area (Å²) in [5.41, 5.74) is 3.26. The molecule has 5 atom stereocenters. The lowest BCUT2D eigenvalue weighted by Crippen LogP contribution is -2.60. The van der Waals surface area contributed by atoms with Crippen LogP contribution in [0.15, 0.2) is 169 Å². The molecule has 248 valence electrons. The fourth-order valence-electron chi connectivity index (χ4n) is 6.06. The van der Waals surface area contributed by atoms with Gasteiger partial charge in [-0.3, -0.25) is 0 Å². The molecule has 0 radical (unpaired) electrons. The van der Waals surface area contributed by atoms with E-state index >= 15 is 0 Å². The summed E-state index contributed by atoms with van der Waals surface area (Å²) in [6, 6.07) is 55.5. The Balaban J connectivity index is 1.23. The van der Waals surface area contributed by atoms with Gasteiger partial charge in [-0.1, -0.05) is 140 Å². The molecule has 1 aliphatic heterocycles. The highest BCUT2D eigenvalue weighted by molar-refractivity contribution is 8.00. The maximum Gasteiger partial charge on any atom is 0.215 e. The van der Waals surface area contributed by atoms with Crippen molar-refractivity contribution in [3.63, 3.8) is 0 Å². The number of thioether (sulfide) groups is 1. The minimum absolute atomic E-state index is 0.274. The quantitative estimate of drug-likeness (QED) is 0.115. The molecule has 6 aromatic carbocycles. The maximum absolute atomic E-state index is 6.94. The van der Waals surface area contributed by atoms with Crippen LogP contribution < -0.4 is 4.74 Å². The van der Waals surface area contributed by atoms with Crippen LogP contribution in [0.1, 0.15) is 16.7 Å². The number of ether oxygens (including phenoxy) is 5. The van der Waals surface area contributed by atoms with Crippen LogP contribution in [0, 0.1) is 0 Å². The molecule has 7 rings (SSSR count). The van der Waals surface area contributed by atoms with E-state index in [-0.39, 0.29) is 5.25 Å². The molecule has 5 nitrogen and oxygen atoms in total. The zero-order valence-electron chi connectivity index (χ0n) is 27.3. The smallest absolute Gasteiger partial charge is 0.215 e. The topological polar surface area (TPSA) is 46.2 Å². The summed E-state index contributed by atoms with van der Waals surface area (Å²) >= 11 is 1.69. The largest absolute Gasteiger partial charge is 0.464 e. The van der Waals surface area contributed by atoms with E-state index in [1.54, 1.807) is 11.8 Å². The highest BCUT2D eigenvalue weighted by Gasteiger charge is 2.49. The summed E-state index contributed by atoms with van der Waals surface area (Å²) in [6.45, 7) is 1.59. The number of hydrogen-bond acceptors (Lipinski definition) is 6. The lowest BCUT2D eigenvalue weighted by molar-refractivity contribution is -0.253. The van der Waals surface area contributed by atoms with E-state index in [1.165, 1.54) is 0 Å². The first-order valence-corrected chi connectivity index (χ1v) is 17.6. The fraction of sp³-hybridized carbons (Fsp3) is 0.209. The predicted molar refractivity (Wildman–Crippen MR) is 195 cm³/mol. The Bertz CT molecular complexity index is 1860. The standard InChI is InChI=1S/C43H40O5S/c1-5-15-32(16-6-1)28-44-31-39-40(45-29-33-17-7-2-8-18-33)41(46-30-34-19-9-3-10-20-34)42(49-38-23-11-4-12-24-38)43(48-39)47-37-26-25-35-21-13-14-22-36(35)27-37/h1-27,39-43H,28-31H2/t39-,40+,41+,42-,43-/m1/s1. The van der Waals surface area contributed by atoms with Gasteiger partial charge in [0, 0.05) is 4.90 Å². The number of fused-ring (bicyclic) bond motifs is 1. The van der Waals surface area contributed by atoms with E-state index in [0.717, 1.165) is 38.1 Å². The lowest BCUT2D eigenvalue weighted by Gasteiger charge is -2.45. The van der Waals surface area contributed by atoms with Gasteiger partial charge < -0.3 is 23.7 Å². The van der Waals surface area contributed by atoms with Gasteiger partial charge in [0.1, 0.15) is 29.3 Å². The van der Waals surface area contributed by atoms with Gasteiger partial charge in [0.25, 0.3) is 0 Å². The average Bonchev–Trinajstić information content (AvgIpc) is 3.16. The number of benzene rings is 6. The summed E-state index contributed by atoms with van der Waals surface area (Å²) in [7, 11) is 0. The van der Waals surface area contributed by atoms with Crippen LogP contribution in [-0.2, 0) is 38.8 Å². The first-order chi connectivity index (χ1) is 24.3. The normalized spacial score (nSPS) is 20.6. The Kier molecular flexibility index (Phi) is 11.3. The molecular weight excluding hydrogens is 629 g/mol. The summed E-state index contributed by atoms with van der Waals surface area (Å²) in [6.07, 6.45) is -1.98. The van der Waals surface area contributed by atoms with Gasteiger partial charge >= 0.3 is 0 Å². The first kappa shape index (κ1) is 33.1. The van der Waals surface area contributed by atoms with E-state index < -0.39 is 24.6 Å². The molecule has 0 bridgehead atoms. The summed E-state index contributed by atoms with van der Waals surface area (Å²) in [4.78, 5) is 1.09. The number of rotatable bonds is 14. The van der Waals surface area contributed by atoms with Crippen LogP contribution in [-0.4, -0.2) is 36.5 Å². The molecule has 0 N–H and O–H groups in total. The molecule has 0 spiro atoms. The van der Waals surface area contributed by atoms with Gasteiger partial charge in [-0.15, -0.1) is 11.8 Å². The second-order valence-corrected chi connectivity index (χ2v) is 13.3. The molecule has 1 aliphatic rings. The van der Waals surface area contributed by atoms with E-state index in [1.807, 2.05) is 78.9 Å². The van der Waals surface area contributed by atoms with Crippen LogP contribution in [0.5, 0.6) is 5.75 Å². The van der Waals surface area contributed by atoms with E-state index in [0.29, 0.717) is 26.4 Å². The van der Waals surface area contributed by atoms with E-state index in [4.69, 9.17) is 23.7 Å². The van der Waals surface area contributed by atoms with Crippen molar-refractivity contribution >= 4 is 22.5 Å². The highest BCUT2D eigenvalue weighted by atomic mass is 32.2. The van der Waals surface area contributed by atoms with Crippen LogP contribution in [0.2, 0.25) is 0 Å². The van der Waals surface area contributed by atoms with Gasteiger partial charge in [-0.2, -0.15) is 0 Å². The predicted octanol–water partition coefficient (Wildman–Crippen LogP) is 9.49. The second kappa shape index (κ2) is 16.8. The highest BCUT2D eigenvalue weighted by Crippen LogP contribution is 2.39. The summed E-state index contributed by atoms with van der Waals surface area (Å²) in [5, 5.41) is 1.98. The van der Waals surface area contributed by atoms with Gasteiger partial charge in [0.15, 0.2) is 0 Å². The molecule has 6 aromatic rings. The Morgan fingerprint density at radius 1 is 0.510 bits per heavy atom. The third-order valence-corrected chi connectivity index (χ3v) is 9.85. The van der Waals surface area contributed by atoms with E-state index in [9.17, 15) is 0 Å². The molecule has 0 saturated carbocycles. The zero-order chi connectivity index (χ0) is 33.1. The van der Waals surface area contributed by atoms with Crippen molar-refractivity contribution in [1.82, 2.24) is 0 Å². The van der Waals surface area contributed by atoms with Crippen LogP contribution >= 0.6 is 11.8 Å². The Morgan fingerprint density at radius 2 is 1.04 bits per heavy atom. The van der Waals surface area contributed by atoms with E-state index in [2.05, 4.69) is 84.9 Å². The van der Waals surface area contributed by atoms with Gasteiger partial charge in [-0.05, 0) is 51.7 Å². The minimum atomic E-state index is -0.658. The van der Waals surface area contributed by atoms with Crippen molar-refractivity contribution in [3.05, 3.63) is 180 Å². The second-order valence-electron chi connectivity index (χ2n) is 12.1. The van der Waals surface area contributed by atoms with Crippen LogP contribution in [0.4, 0.5) is 0 Å². The monoisotopic (exact) mass is 668 g/mol. The zero-order valence-corrected chi connectivity index (χ0v) is 28.1. The third-order valence-electron chi connectivity index (χ3n) is 8.54. The maximum atomic E-state index is 6.94. The lowest BCUT2D eigenvalue weighted by atomic mass is 10.00. The molecule has 49 heavy (non-hydrogen) atoms. The molecular formula is C43H40O5S. The molecule has 1 saturated heterocycles. The van der Waals surface area contributed by atoms with Crippen LogP contribution in [0.25, 0.3) is 10.8 Å². The Labute approximate surface area is 292 Å². The molecule has 1 heterocycles. The van der Waals surface area contributed by atoms with Crippen molar-refractivity contribution < 1.29 is 23.7 Å². The van der Waals surface area contributed by atoms with Crippen molar-refractivity contribution in [2.75, 3.05) is 6.61 Å². The van der Waals surface area contributed by atoms with Crippen molar-refractivity contribution in [1.29, 1.82) is 0 Å². The molecule has 0 amide bonds. The molecule has 0 unspecified atom stereocenters. The minimum Gasteiger partial charge on any atom is -0.464 e. The third kappa shape index (κ3) is 8.98. The van der Waals surface area contributed by atoms with Crippen molar-refractivity contribution in [2.45, 2.75) is 54.6 Å². The average molecular weight is 669 g/mol. The Morgan fingerprint density at radius 3 is 1.67 bits per heavy atom. The molecule has 0 aromatic heterocycles.